The summed E-state index contributed by atoms with van der Waals surface area (Å²) >= 11 is 0. The first-order chi connectivity index (χ1) is 19.5. The van der Waals surface area contributed by atoms with Crippen LogP contribution in [0.4, 0.5) is 9.59 Å². The first-order valence-electron chi connectivity index (χ1n) is 11.6. The Morgan fingerprint density at radius 3 is 1.41 bits per heavy atom. The molecule has 23 heteroatoms. The smallest absolute Gasteiger partial charge is 0.462 e. The lowest BCUT2D eigenvalue weighted by Gasteiger charge is -2.23. The number of amides is 1. The highest BCUT2D eigenvalue weighted by molar-refractivity contribution is 5.82. The van der Waals surface area contributed by atoms with E-state index < -0.39 is 46.5 Å². The van der Waals surface area contributed by atoms with E-state index in [2.05, 4.69) is 19.8 Å². The highest BCUT2D eigenvalue weighted by Gasteiger charge is 2.32. The predicted molar refractivity (Wildman–Crippen MR) is 118 cm³/mol. The SMILES string of the molecule is CC(OC(=O)OCCOCCON(O)O)C(NC(=O)OCCOCCON(O)O)C(=O)OCCOCCON(O)O. The highest BCUT2D eigenvalue weighted by atomic mass is 17.1. The number of hydrogen-bond donors (Lipinski definition) is 7. The molecule has 0 bridgehead atoms. The van der Waals surface area contributed by atoms with Gasteiger partial charge in [0.1, 0.15) is 25.9 Å². The molecule has 0 rings (SSSR count). The van der Waals surface area contributed by atoms with Crippen LogP contribution in [0.3, 0.4) is 0 Å². The summed E-state index contributed by atoms with van der Waals surface area (Å²) in [6, 6.07) is -1.56. The zero-order chi connectivity index (χ0) is 30.9. The Labute approximate surface area is 232 Å². The Balaban J connectivity index is 4.62. The molecule has 0 aliphatic rings. The number of alkyl carbamates (subject to hydrolysis) is 1. The molecule has 23 nitrogen and oxygen atoms in total. The largest absolute Gasteiger partial charge is 0.508 e. The van der Waals surface area contributed by atoms with Crippen molar-refractivity contribution in [3.63, 3.8) is 0 Å². The van der Waals surface area contributed by atoms with Crippen LogP contribution < -0.4 is 5.32 Å². The summed E-state index contributed by atoms with van der Waals surface area (Å²) in [5.41, 5.74) is 0. The average molecular weight is 612 g/mol. The maximum Gasteiger partial charge on any atom is 0.508 e. The van der Waals surface area contributed by atoms with Gasteiger partial charge in [-0.2, -0.15) is 0 Å². The van der Waals surface area contributed by atoms with Gasteiger partial charge in [0.2, 0.25) is 0 Å². The molecule has 2 atom stereocenters. The summed E-state index contributed by atoms with van der Waals surface area (Å²) in [5, 5.41) is 51.0. The van der Waals surface area contributed by atoms with Crippen LogP contribution in [0.25, 0.3) is 0 Å². The number of rotatable bonds is 25. The van der Waals surface area contributed by atoms with Crippen LogP contribution >= 0.6 is 0 Å². The molecule has 0 aliphatic heterocycles. The van der Waals surface area contributed by atoms with E-state index >= 15 is 0 Å². The number of ether oxygens (including phenoxy) is 7. The molecular weight excluding hydrogens is 576 g/mol. The van der Waals surface area contributed by atoms with Gasteiger partial charge < -0.3 is 38.5 Å². The Hall–Kier alpha value is -2.59. The van der Waals surface area contributed by atoms with Crippen molar-refractivity contribution in [3.05, 3.63) is 0 Å². The summed E-state index contributed by atoms with van der Waals surface area (Å²) in [5.74, 6) is -1.03. The van der Waals surface area contributed by atoms with Gasteiger partial charge in [0.05, 0.1) is 75.6 Å². The number of nitrogens with zero attached hydrogens (tertiary/aromatic N) is 3. The first-order valence-corrected chi connectivity index (χ1v) is 11.6. The van der Waals surface area contributed by atoms with E-state index in [1.54, 1.807) is 0 Å². The van der Waals surface area contributed by atoms with Crippen molar-refractivity contribution in [2.24, 2.45) is 0 Å². The van der Waals surface area contributed by atoms with Gasteiger partial charge in [-0.25, -0.2) is 28.9 Å². The third-order valence-corrected chi connectivity index (χ3v) is 3.96. The number of carbonyl (C=O) groups excluding carboxylic acids is 3. The van der Waals surface area contributed by atoms with Crippen LogP contribution in [-0.4, -0.2) is 157 Å². The van der Waals surface area contributed by atoms with Crippen molar-refractivity contribution in [3.8, 4) is 0 Å². The van der Waals surface area contributed by atoms with E-state index in [1.165, 1.54) is 6.92 Å². The van der Waals surface area contributed by atoms with Gasteiger partial charge in [-0.3, -0.25) is 31.2 Å². The average Bonchev–Trinajstić information content (AvgIpc) is 2.89. The second-order valence-electron chi connectivity index (χ2n) is 6.94. The van der Waals surface area contributed by atoms with E-state index in [1.807, 2.05) is 0 Å². The van der Waals surface area contributed by atoms with Crippen molar-refractivity contribution in [2.75, 3.05) is 79.3 Å². The topological polar surface area (TPSA) is 287 Å². The minimum absolute atomic E-state index is 0.0623. The molecule has 0 aromatic carbocycles. The van der Waals surface area contributed by atoms with E-state index in [0.717, 1.165) is 0 Å². The maximum atomic E-state index is 12.6. The van der Waals surface area contributed by atoms with E-state index in [9.17, 15) is 14.4 Å². The molecule has 2 unspecified atom stereocenters. The minimum atomic E-state index is -1.56. The lowest BCUT2D eigenvalue weighted by Crippen LogP contribution is -2.50. The zero-order valence-electron chi connectivity index (χ0n) is 22.0. The molecule has 242 valence electrons. The second kappa shape index (κ2) is 25.1. The van der Waals surface area contributed by atoms with Gasteiger partial charge in [-0.05, 0) is 6.92 Å². The van der Waals surface area contributed by atoms with Crippen molar-refractivity contribution in [2.45, 2.75) is 19.1 Å². The van der Waals surface area contributed by atoms with Gasteiger partial charge in [0, 0.05) is 0 Å². The Morgan fingerprint density at radius 2 is 0.976 bits per heavy atom. The maximum absolute atomic E-state index is 12.6. The number of esters is 1. The van der Waals surface area contributed by atoms with Crippen LogP contribution in [0.1, 0.15) is 6.92 Å². The summed E-state index contributed by atoms with van der Waals surface area (Å²) < 4.78 is 34.7. The standard InChI is InChI=1S/C18H36N4O19/c1-14(41-18(25)37-10-4-34-7-13-40-22(30)31)15(16(23)35-8-2-32-5-11-38-20(26)27)19-17(24)36-9-3-33-6-12-39-21(28)29/h14-15,26-31H,2-13H2,1H3,(H,19,24). The zero-order valence-corrected chi connectivity index (χ0v) is 22.0. The number of nitrogens with one attached hydrogen (secondary N) is 1. The van der Waals surface area contributed by atoms with E-state index in [0.29, 0.717) is 0 Å². The van der Waals surface area contributed by atoms with E-state index in [-0.39, 0.29) is 79.3 Å². The van der Waals surface area contributed by atoms with Crippen LogP contribution in [-0.2, 0) is 52.5 Å². The molecule has 0 aromatic heterocycles. The van der Waals surface area contributed by atoms with Gasteiger partial charge >= 0.3 is 18.2 Å². The molecule has 0 aliphatic carbocycles. The van der Waals surface area contributed by atoms with Crippen LogP contribution in [0.5, 0.6) is 0 Å². The molecular formula is C18H36N4O19. The molecule has 0 fully saturated rings. The molecule has 0 aromatic rings. The van der Waals surface area contributed by atoms with E-state index in [4.69, 9.17) is 64.4 Å². The van der Waals surface area contributed by atoms with Crippen molar-refractivity contribution < 1.29 is 93.3 Å². The molecule has 0 saturated carbocycles. The third kappa shape index (κ3) is 24.9. The fourth-order valence-corrected chi connectivity index (χ4v) is 2.30. The molecule has 0 radical (unpaired) electrons. The predicted octanol–water partition coefficient (Wildman–Crippen LogP) is -1.75. The molecule has 1 amide bonds. The van der Waals surface area contributed by atoms with Crippen molar-refractivity contribution in [1.29, 1.82) is 0 Å². The quantitative estimate of drug-likeness (QED) is 0.0260. The molecule has 0 spiro atoms. The Kier molecular flexibility index (Phi) is 23.6. The van der Waals surface area contributed by atoms with Gasteiger partial charge in [-0.1, -0.05) is 0 Å². The molecule has 0 heterocycles. The summed E-state index contributed by atoms with van der Waals surface area (Å²) in [6.45, 7) is -0.781. The summed E-state index contributed by atoms with van der Waals surface area (Å²) in [7, 11) is 0. The van der Waals surface area contributed by atoms with Gasteiger partial charge in [-0.15, -0.1) is 0 Å². The fourth-order valence-electron chi connectivity index (χ4n) is 2.30. The summed E-state index contributed by atoms with van der Waals surface area (Å²) in [6.07, 6.45) is -3.63. The molecule has 41 heavy (non-hydrogen) atoms. The van der Waals surface area contributed by atoms with Gasteiger partial charge in [0.15, 0.2) is 6.04 Å². The Morgan fingerprint density at radius 1 is 0.585 bits per heavy atom. The number of hydrogen-bond acceptors (Lipinski definition) is 22. The van der Waals surface area contributed by atoms with Crippen molar-refractivity contribution >= 4 is 18.2 Å². The van der Waals surface area contributed by atoms with Crippen LogP contribution in [0.2, 0.25) is 0 Å². The highest BCUT2D eigenvalue weighted by Crippen LogP contribution is 2.05. The molecule has 7 N–H and O–H groups in total. The lowest BCUT2D eigenvalue weighted by atomic mass is 10.2. The monoisotopic (exact) mass is 612 g/mol. The van der Waals surface area contributed by atoms with Crippen LogP contribution in [0, 0.1) is 0 Å². The normalized spacial score (nSPS) is 12.8. The van der Waals surface area contributed by atoms with Crippen molar-refractivity contribution in [1.82, 2.24) is 21.5 Å². The lowest BCUT2D eigenvalue weighted by molar-refractivity contribution is -0.493. The fraction of sp³-hybridized carbons (Fsp3) is 0.833. The first kappa shape index (κ1) is 38.4. The third-order valence-electron chi connectivity index (χ3n) is 3.96. The summed E-state index contributed by atoms with van der Waals surface area (Å²) in [4.78, 5) is 49.5. The minimum Gasteiger partial charge on any atom is -0.462 e. The van der Waals surface area contributed by atoms with Crippen LogP contribution in [0.15, 0.2) is 0 Å². The Bertz CT molecular complexity index is 688. The second-order valence-corrected chi connectivity index (χ2v) is 6.94. The van der Waals surface area contributed by atoms with Gasteiger partial charge in [0.25, 0.3) is 0 Å². The number of carbonyl (C=O) groups is 3. The molecule has 0 saturated heterocycles.